The van der Waals surface area contributed by atoms with Crippen LogP contribution in [0.5, 0.6) is 0 Å². The molecule has 1 aromatic rings. The van der Waals surface area contributed by atoms with Crippen LogP contribution in [0.4, 0.5) is 0 Å². The van der Waals surface area contributed by atoms with Crippen molar-refractivity contribution >= 4 is 23.7 Å². The number of hydrogen-bond acceptors (Lipinski definition) is 6. The van der Waals surface area contributed by atoms with E-state index in [0.717, 1.165) is 49.6 Å². The van der Waals surface area contributed by atoms with E-state index in [4.69, 9.17) is 0 Å². The molecule has 1 heterocycles. The summed E-state index contributed by atoms with van der Waals surface area (Å²) in [5, 5.41) is 21.7. The van der Waals surface area contributed by atoms with E-state index in [0.29, 0.717) is 19.4 Å². The van der Waals surface area contributed by atoms with Gasteiger partial charge in [0.2, 0.25) is 11.8 Å². The molecule has 0 saturated heterocycles. The normalized spacial score (nSPS) is 16.4. The van der Waals surface area contributed by atoms with Crippen molar-refractivity contribution in [1.82, 2.24) is 21.3 Å². The molecule has 1 aliphatic heterocycles. The number of guanidine groups is 1. The lowest BCUT2D eigenvalue weighted by molar-refractivity contribution is -0.147. The quantitative estimate of drug-likeness (QED) is 0.315. The third-order valence-electron chi connectivity index (χ3n) is 6.33. The molecule has 5 N–H and O–H groups in total. The summed E-state index contributed by atoms with van der Waals surface area (Å²) in [7, 11) is 0. The number of hydrogen-bond donors (Lipinski definition) is 5. The molecule has 2 aliphatic rings. The number of carbonyl (C=O) groups excluding carboxylic acids is 2. The second kappa shape index (κ2) is 10.7. The lowest BCUT2D eigenvalue weighted by atomic mass is 9.87. The number of carbonyl (C=O) groups is 3. The molecule has 0 radical (unpaired) electrons. The van der Waals surface area contributed by atoms with E-state index in [1.807, 2.05) is 24.3 Å². The Bertz CT molecular complexity index is 887. The molecular weight excluding hydrogens is 422 g/mol. The smallest absolute Gasteiger partial charge is 0.309 e. The second-order valence-corrected chi connectivity index (χ2v) is 9.49. The number of unbranched alkanes of at least 4 members (excludes halogenated alkanes) is 1. The first kappa shape index (κ1) is 24.5. The molecule has 9 heteroatoms. The number of fused-ring (bicyclic) bond motifs is 1. The molecule has 0 bridgehead atoms. The standard InChI is InChI=1S/C24H35N5O4/c1-23(2,21(32)33)10-9-19(30)29-24(15-17-7-3-4-8-18(17)16-24)20(31)25-11-5-6-12-26-22-27-13-14-28-22/h3-4,7-8H,5-6,9-16H2,1-2H3,(H,25,31)(H,29,30)(H,32,33)(H2,26,27,28). The van der Waals surface area contributed by atoms with Crippen LogP contribution in [0.2, 0.25) is 0 Å². The summed E-state index contributed by atoms with van der Waals surface area (Å²) in [6.45, 7) is 6.14. The number of nitrogens with one attached hydrogen (secondary N) is 4. The molecule has 0 spiro atoms. The third-order valence-corrected chi connectivity index (χ3v) is 6.33. The van der Waals surface area contributed by atoms with Crippen LogP contribution in [0, 0.1) is 5.41 Å². The molecule has 2 amide bonds. The van der Waals surface area contributed by atoms with Crippen molar-refractivity contribution in [2.45, 2.75) is 57.9 Å². The van der Waals surface area contributed by atoms with Gasteiger partial charge >= 0.3 is 5.97 Å². The first-order chi connectivity index (χ1) is 15.7. The topological polar surface area (TPSA) is 132 Å². The maximum Gasteiger partial charge on any atom is 0.309 e. The number of amides is 2. The molecule has 0 aromatic heterocycles. The van der Waals surface area contributed by atoms with Gasteiger partial charge in [0.1, 0.15) is 5.54 Å². The Morgan fingerprint density at radius 2 is 1.79 bits per heavy atom. The number of aliphatic imine (C=N–C) groups is 1. The molecule has 0 atom stereocenters. The van der Waals surface area contributed by atoms with Gasteiger partial charge in [0.05, 0.1) is 12.0 Å². The average Bonchev–Trinajstić information content (AvgIpc) is 3.42. The first-order valence-electron chi connectivity index (χ1n) is 11.6. The van der Waals surface area contributed by atoms with Crippen molar-refractivity contribution < 1.29 is 19.5 Å². The van der Waals surface area contributed by atoms with Crippen LogP contribution in [0.25, 0.3) is 0 Å². The van der Waals surface area contributed by atoms with E-state index in [2.05, 4.69) is 26.3 Å². The average molecular weight is 458 g/mol. The maximum atomic E-state index is 13.3. The molecule has 0 fully saturated rings. The van der Waals surface area contributed by atoms with Crippen molar-refractivity contribution in [2.24, 2.45) is 10.4 Å². The number of carboxylic acid groups (broad SMARTS) is 1. The minimum Gasteiger partial charge on any atom is -0.481 e. The molecule has 33 heavy (non-hydrogen) atoms. The lowest BCUT2D eigenvalue weighted by Gasteiger charge is -2.30. The highest BCUT2D eigenvalue weighted by atomic mass is 16.4. The molecule has 180 valence electrons. The van der Waals surface area contributed by atoms with Crippen LogP contribution in [-0.2, 0) is 27.2 Å². The van der Waals surface area contributed by atoms with Crippen LogP contribution < -0.4 is 21.3 Å². The van der Waals surface area contributed by atoms with Crippen LogP contribution >= 0.6 is 0 Å². The van der Waals surface area contributed by atoms with E-state index in [1.165, 1.54) is 0 Å². The van der Waals surface area contributed by atoms with E-state index in [9.17, 15) is 19.5 Å². The number of rotatable bonds is 11. The fourth-order valence-corrected chi connectivity index (χ4v) is 4.13. The third kappa shape index (κ3) is 6.46. The van der Waals surface area contributed by atoms with Crippen LogP contribution in [-0.4, -0.2) is 60.6 Å². The number of aliphatic carboxylic acids is 1. The fourth-order valence-electron chi connectivity index (χ4n) is 4.13. The summed E-state index contributed by atoms with van der Waals surface area (Å²) in [5.74, 6) is -0.613. The van der Waals surface area contributed by atoms with Crippen molar-refractivity contribution in [3.8, 4) is 0 Å². The Labute approximate surface area is 194 Å². The Kier molecular flexibility index (Phi) is 7.94. The Hall–Kier alpha value is -3.10. The van der Waals surface area contributed by atoms with Crippen LogP contribution in [0.3, 0.4) is 0 Å². The highest BCUT2D eigenvalue weighted by Gasteiger charge is 2.45. The maximum absolute atomic E-state index is 13.3. The predicted molar refractivity (Wildman–Crippen MR) is 126 cm³/mol. The summed E-state index contributed by atoms with van der Waals surface area (Å²) >= 11 is 0. The lowest BCUT2D eigenvalue weighted by Crippen LogP contribution is -2.60. The van der Waals surface area contributed by atoms with E-state index in [1.54, 1.807) is 13.8 Å². The summed E-state index contributed by atoms with van der Waals surface area (Å²) < 4.78 is 0. The molecule has 1 aromatic carbocycles. The summed E-state index contributed by atoms with van der Waals surface area (Å²) in [6, 6.07) is 7.83. The van der Waals surface area contributed by atoms with Crippen LogP contribution in [0.15, 0.2) is 29.3 Å². The molecular formula is C24H35N5O4. The summed E-state index contributed by atoms with van der Waals surface area (Å²) in [6.07, 6.45) is 2.78. The van der Waals surface area contributed by atoms with E-state index in [-0.39, 0.29) is 24.7 Å². The first-order valence-corrected chi connectivity index (χ1v) is 11.6. The van der Waals surface area contributed by atoms with Crippen molar-refractivity contribution in [1.29, 1.82) is 0 Å². The Morgan fingerprint density at radius 3 is 2.39 bits per heavy atom. The van der Waals surface area contributed by atoms with E-state index < -0.39 is 16.9 Å². The van der Waals surface area contributed by atoms with Crippen molar-refractivity contribution in [3.63, 3.8) is 0 Å². The van der Waals surface area contributed by atoms with Crippen molar-refractivity contribution in [3.05, 3.63) is 35.4 Å². The van der Waals surface area contributed by atoms with Crippen molar-refractivity contribution in [2.75, 3.05) is 26.2 Å². The van der Waals surface area contributed by atoms with Crippen LogP contribution in [0.1, 0.15) is 50.7 Å². The summed E-state index contributed by atoms with van der Waals surface area (Å²) in [4.78, 5) is 41.7. The molecule has 3 rings (SSSR count). The highest BCUT2D eigenvalue weighted by Crippen LogP contribution is 2.31. The largest absolute Gasteiger partial charge is 0.481 e. The number of nitrogens with zero attached hydrogens (tertiary/aromatic N) is 1. The van der Waals surface area contributed by atoms with Gasteiger partial charge in [-0.1, -0.05) is 24.3 Å². The predicted octanol–water partition coefficient (Wildman–Crippen LogP) is 0.976. The SMILES string of the molecule is CC(C)(CCC(=O)NC1(C(=O)NCCCCNC2=NCCN2)Cc2ccccc2C1)C(=O)O. The summed E-state index contributed by atoms with van der Waals surface area (Å²) in [5.41, 5.74) is 0.0502. The zero-order chi connectivity index (χ0) is 23.9. The molecule has 0 unspecified atom stereocenters. The van der Waals surface area contributed by atoms with E-state index >= 15 is 0 Å². The van der Waals surface area contributed by atoms with Gasteiger partial charge < -0.3 is 26.4 Å². The zero-order valence-electron chi connectivity index (χ0n) is 19.5. The molecule has 0 saturated carbocycles. The van der Waals surface area contributed by atoms with Gasteiger partial charge in [0.25, 0.3) is 0 Å². The minimum atomic E-state index is -1.05. The number of benzene rings is 1. The zero-order valence-corrected chi connectivity index (χ0v) is 19.5. The van der Waals surface area contributed by atoms with Gasteiger partial charge in [-0.05, 0) is 44.2 Å². The van der Waals surface area contributed by atoms with Gasteiger partial charge in [0, 0.05) is 38.9 Å². The minimum absolute atomic E-state index is 0.0499. The number of carboxylic acids is 1. The Balaban J connectivity index is 1.54. The van der Waals surface area contributed by atoms with Gasteiger partial charge in [-0.25, -0.2) is 0 Å². The van der Waals surface area contributed by atoms with Gasteiger partial charge in [-0.2, -0.15) is 0 Å². The Morgan fingerprint density at radius 1 is 1.12 bits per heavy atom. The highest BCUT2D eigenvalue weighted by molar-refractivity contribution is 5.93. The van der Waals surface area contributed by atoms with Gasteiger partial charge in [-0.3, -0.25) is 19.4 Å². The molecule has 9 nitrogen and oxygen atoms in total. The fraction of sp³-hybridized carbons (Fsp3) is 0.583. The van der Waals surface area contributed by atoms with Gasteiger partial charge in [-0.15, -0.1) is 0 Å². The molecule has 1 aliphatic carbocycles. The second-order valence-electron chi connectivity index (χ2n) is 9.49. The monoisotopic (exact) mass is 457 g/mol. The van der Waals surface area contributed by atoms with Gasteiger partial charge in [0.15, 0.2) is 5.96 Å².